The van der Waals surface area contributed by atoms with Crippen molar-refractivity contribution in [2.45, 2.75) is 296 Å². The molecule has 0 aliphatic heterocycles. The Balaban J connectivity index is 4.05. The molecular weight excluding hydrogens is 984 g/mol. The quantitative estimate of drug-likeness (QED) is 0.0272. The number of carbonyl (C=O) groups excluding carboxylic acids is 1. The van der Waals surface area contributed by atoms with E-state index in [-0.39, 0.29) is 12.5 Å². The van der Waals surface area contributed by atoms with Crippen LogP contribution in [0.4, 0.5) is 0 Å². The predicted molar refractivity (Wildman–Crippen MR) is 339 cm³/mol. The van der Waals surface area contributed by atoms with Crippen molar-refractivity contribution in [2.24, 2.45) is 0 Å². The van der Waals surface area contributed by atoms with E-state index in [4.69, 9.17) is 9.05 Å². The van der Waals surface area contributed by atoms with Crippen molar-refractivity contribution in [1.82, 2.24) is 5.32 Å². The van der Waals surface area contributed by atoms with Gasteiger partial charge in [-0.15, -0.1) is 0 Å². The fourth-order valence-electron chi connectivity index (χ4n) is 9.21. The van der Waals surface area contributed by atoms with Gasteiger partial charge in [-0.05, 0) is 89.9 Å². The van der Waals surface area contributed by atoms with Gasteiger partial charge in [-0.25, -0.2) is 0 Å². The molecule has 3 unspecified atom stereocenters. The molecule has 0 aliphatic carbocycles. The molecule has 0 aromatic heterocycles. The zero-order chi connectivity index (χ0) is 57.0. The highest BCUT2D eigenvalue weighted by molar-refractivity contribution is 7.45. The summed E-state index contributed by atoms with van der Waals surface area (Å²) in [7, 11) is 1.24. The highest BCUT2D eigenvalue weighted by atomic mass is 31.2. The first-order chi connectivity index (χ1) is 38.0. The summed E-state index contributed by atoms with van der Waals surface area (Å²) >= 11 is 0. The van der Waals surface area contributed by atoms with Gasteiger partial charge in [0.25, 0.3) is 7.82 Å². The molecule has 1 amide bonds. The molecule has 0 aromatic rings. The normalized spacial score (nSPS) is 14.4. The number of aliphatic hydroxyl groups is 1. The average Bonchev–Trinajstić information content (AvgIpc) is 3.41. The summed E-state index contributed by atoms with van der Waals surface area (Å²) in [4.78, 5) is 25.6. The first-order valence-corrected chi connectivity index (χ1v) is 34.1. The zero-order valence-corrected chi connectivity index (χ0v) is 52.5. The van der Waals surface area contributed by atoms with Crippen LogP contribution in [0.25, 0.3) is 0 Å². The van der Waals surface area contributed by atoms with Crippen molar-refractivity contribution >= 4 is 13.7 Å². The number of amides is 1. The molecule has 0 rings (SSSR count). The molecule has 9 heteroatoms. The minimum atomic E-state index is -4.61. The van der Waals surface area contributed by atoms with Crippen LogP contribution in [0.1, 0.15) is 284 Å². The Kier molecular flexibility index (Phi) is 57.1. The topological polar surface area (TPSA) is 108 Å². The SMILES string of the molecule is CC/C=C\C/C=C\C/C=C\C/C=C\C/C=C\CCCCCCCCCCCCCCCCCCCCCCCC(=O)NC(COP(=O)([O-])OCC[N+](C)(C)C)C(O)/C=C/CC/C=C/CC/C=C/CCCCCCCCCCC. The molecule has 0 bridgehead atoms. The van der Waals surface area contributed by atoms with Gasteiger partial charge in [0, 0.05) is 6.42 Å². The maximum Gasteiger partial charge on any atom is 0.268 e. The molecule has 78 heavy (non-hydrogen) atoms. The van der Waals surface area contributed by atoms with E-state index in [1.165, 1.54) is 186 Å². The summed E-state index contributed by atoms with van der Waals surface area (Å²) < 4.78 is 23.4. The molecule has 452 valence electrons. The van der Waals surface area contributed by atoms with Gasteiger partial charge in [0.2, 0.25) is 5.91 Å². The van der Waals surface area contributed by atoms with Crippen LogP contribution in [0.5, 0.6) is 0 Å². The molecule has 0 fully saturated rings. The second-order valence-electron chi connectivity index (χ2n) is 23.1. The Morgan fingerprint density at radius 3 is 1.19 bits per heavy atom. The molecule has 0 spiro atoms. The van der Waals surface area contributed by atoms with Crippen molar-refractivity contribution in [3.8, 4) is 0 Å². The number of rotatable bonds is 59. The lowest BCUT2D eigenvalue weighted by molar-refractivity contribution is -0.870. The Morgan fingerprint density at radius 2 is 0.795 bits per heavy atom. The highest BCUT2D eigenvalue weighted by Gasteiger charge is 2.23. The second kappa shape index (κ2) is 59.1. The number of nitrogens with zero attached hydrogens (tertiary/aromatic N) is 1. The number of allylic oxidation sites excluding steroid dienone is 15. The lowest BCUT2D eigenvalue weighted by Crippen LogP contribution is -2.45. The number of phosphoric acid groups is 1. The minimum absolute atomic E-state index is 0.0108. The van der Waals surface area contributed by atoms with E-state index < -0.39 is 26.6 Å². The summed E-state index contributed by atoms with van der Waals surface area (Å²) in [5.74, 6) is -0.210. The zero-order valence-electron chi connectivity index (χ0n) is 51.6. The van der Waals surface area contributed by atoms with Crippen LogP contribution in [0.2, 0.25) is 0 Å². The van der Waals surface area contributed by atoms with Crippen molar-refractivity contribution in [3.63, 3.8) is 0 Å². The van der Waals surface area contributed by atoms with E-state index in [2.05, 4.69) is 104 Å². The van der Waals surface area contributed by atoms with Gasteiger partial charge in [-0.2, -0.15) is 0 Å². The first-order valence-electron chi connectivity index (χ1n) is 32.6. The van der Waals surface area contributed by atoms with Crippen LogP contribution in [-0.4, -0.2) is 68.5 Å². The van der Waals surface area contributed by atoms with Crippen LogP contribution in [-0.2, 0) is 18.4 Å². The van der Waals surface area contributed by atoms with Crippen molar-refractivity contribution in [1.29, 1.82) is 0 Å². The van der Waals surface area contributed by atoms with Gasteiger partial charge in [0.1, 0.15) is 13.2 Å². The van der Waals surface area contributed by atoms with E-state index in [1.54, 1.807) is 6.08 Å². The number of likely N-dealkylation sites (N-methyl/N-ethyl adjacent to an activating group) is 1. The number of hydrogen-bond acceptors (Lipinski definition) is 6. The predicted octanol–water partition coefficient (Wildman–Crippen LogP) is 19.9. The molecule has 0 aromatic carbocycles. The van der Waals surface area contributed by atoms with Crippen molar-refractivity contribution < 1.29 is 32.9 Å². The van der Waals surface area contributed by atoms with Gasteiger partial charge < -0.3 is 28.8 Å². The van der Waals surface area contributed by atoms with Gasteiger partial charge in [0.15, 0.2) is 0 Å². The summed E-state index contributed by atoms with van der Waals surface area (Å²) in [5, 5.41) is 13.9. The first kappa shape index (κ1) is 75.4. The summed E-state index contributed by atoms with van der Waals surface area (Å²) in [5.41, 5.74) is 0. The molecule has 0 heterocycles. The van der Waals surface area contributed by atoms with Crippen molar-refractivity contribution in [3.05, 3.63) is 97.2 Å². The Morgan fingerprint density at radius 1 is 0.462 bits per heavy atom. The Hall–Kier alpha value is -2.58. The van der Waals surface area contributed by atoms with E-state index in [0.717, 1.165) is 77.0 Å². The largest absolute Gasteiger partial charge is 0.756 e. The third-order valence-corrected chi connectivity index (χ3v) is 15.2. The number of carbonyl (C=O) groups is 1. The summed E-state index contributed by atoms with van der Waals surface area (Å²) in [6, 6.07) is -0.913. The van der Waals surface area contributed by atoms with Crippen LogP contribution in [0.3, 0.4) is 0 Å². The number of nitrogens with one attached hydrogen (secondary N) is 1. The van der Waals surface area contributed by atoms with E-state index in [0.29, 0.717) is 17.4 Å². The fraction of sp³-hybridized carbons (Fsp3) is 0.754. The van der Waals surface area contributed by atoms with Crippen LogP contribution in [0, 0.1) is 0 Å². The Labute approximate surface area is 483 Å². The maximum absolute atomic E-state index is 13.0. The van der Waals surface area contributed by atoms with Crippen LogP contribution < -0.4 is 10.2 Å². The highest BCUT2D eigenvalue weighted by Crippen LogP contribution is 2.38. The van der Waals surface area contributed by atoms with E-state index in [1.807, 2.05) is 27.2 Å². The molecule has 0 saturated carbocycles. The van der Waals surface area contributed by atoms with Gasteiger partial charge in [0.05, 0.1) is 39.9 Å². The van der Waals surface area contributed by atoms with Gasteiger partial charge >= 0.3 is 0 Å². The van der Waals surface area contributed by atoms with Gasteiger partial charge in [-0.3, -0.25) is 9.36 Å². The molecule has 0 radical (unpaired) electrons. The molecule has 8 nitrogen and oxygen atoms in total. The molecular formula is C69H125N2O6P. The molecule has 0 saturated heterocycles. The maximum atomic E-state index is 13.0. The van der Waals surface area contributed by atoms with E-state index >= 15 is 0 Å². The van der Waals surface area contributed by atoms with Crippen LogP contribution >= 0.6 is 7.82 Å². The lowest BCUT2D eigenvalue weighted by Gasteiger charge is -2.29. The number of unbranched alkanes of at least 4 members (excludes halogenated alkanes) is 32. The third-order valence-electron chi connectivity index (χ3n) is 14.3. The number of hydrogen-bond donors (Lipinski definition) is 2. The van der Waals surface area contributed by atoms with Gasteiger partial charge in [-0.1, -0.05) is 284 Å². The minimum Gasteiger partial charge on any atom is -0.756 e. The Bertz CT molecular complexity index is 1590. The number of quaternary nitrogens is 1. The van der Waals surface area contributed by atoms with E-state index in [9.17, 15) is 19.4 Å². The number of aliphatic hydroxyl groups excluding tert-OH is 1. The monoisotopic (exact) mass is 1110 g/mol. The fourth-order valence-corrected chi connectivity index (χ4v) is 9.94. The second-order valence-corrected chi connectivity index (χ2v) is 24.5. The summed E-state index contributed by atoms with van der Waals surface area (Å²) in [6.07, 6.45) is 85.2. The molecule has 0 aliphatic rings. The lowest BCUT2D eigenvalue weighted by atomic mass is 10.0. The standard InChI is InChI=1S/C69H125N2O6P/c1-6-8-10-12-14-16-18-20-22-24-26-27-28-29-30-31-32-33-34-35-36-37-38-39-40-41-42-43-45-47-49-51-53-55-57-59-61-63-69(73)70-67(66-77-78(74,75)76-65-64-71(3,4)5)68(72)62-60-58-56-54-52-50-48-46-44-25-23-21-19-17-15-13-11-9-7-2/h8,10,14,16,20,22,26-27,29-30,44,46,52,54,60,62,67-68,72H,6-7,9,11-13,15,17-19,21,23-25,28,31-43,45,47-51,53,55-59,61,63-66H2,1-5H3,(H-,70,73,74,75)/b10-8-,16-14-,22-20-,27-26-,30-29-,46-44+,54-52+,62-60+. The molecule has 2 N–H and O–H groups in total. The smallest absolute Gasteiger partial charge is 0.268 e. The van der Waals surface area contributed by atoms with Crippen LogP contribution in [0.15, 0.2) is 97.2 Å². The summed E-state index contributed by atoms with van der Waals surface area (Å²) in [6.45, 7) is 4.52. The third kappa shape index (κ3) is 61.0. The average molecular weight is 1110 g/mol. The number of phosphoric ester groups is 1. The van der Waals surface area contributed by atoms with Crippen molar-refractivity contribution in [2.75, 3.05) is 40.9 Å². The molecule has 3 atom stereocenters.